The molecule has 0 aromatic carbocycles. The number of hydrogen-bond donors (Lipinski definition) is 1. The van der Waals surface area contributed by atoms with Crippen LogP contribution in [0.15, 0.2) is 5.16 Å². The fraction of sp³-hybridized carbons (Fsp3) is 0.833. The Balaban J connectivity index is 1.41. The number of alkyl carbamates (subject to hydrolysis) is 1. The Bertz CT molecular complexity index is 675. The second-order valence-corrected chi connectivity index (χ2v) is 9.38. The van der Waals surface area contributed by atoms with E-state index < -0.39 is 11.7 Å². The number of amides is 2. The number of carbonyl (C=O) groups is 2. The lowest BCUT2D eigenvalue weighted by Gasteiger charge is -2.32. The fourth-order valence-corrected chi connectivity index (χ4v) is 4.47. The second kappa shape index (κ2) is 9.11. The van der Waals surface area contributed by atoms with E-state index in [4.69, 9.17) is 4.74 Å². The SMILES string of the molecule is CC(C)(C)OC(=O)NC1CCN(C(=O)CSc2nnnn2C2CCCC2)CC1. The molecule has 2 fully saturated rings. The Morgan fingerprint density at radius 3 is 2.50 bits per heavy atom. The highest BCUT2D eigenvalue weighted by atomic mass is 32.2. The quantitative estimate of drug-likeness (QED) is 0.744. The van der Waals surface area contributed by atoms with E-state index in [0.717, 1.165) is 30.8 Å². The molecule has 2 aliphatic rings. The van der Waals surface area contributed by atoms with Crippen LogP contribution in [-0.4, -0.2) is 67.6 Å². The summed E-state index contributed by atoms with van der Waals surface area (Å²) in [5.74, 6) is 0.416. The van der Waals surface area contributed by atoms with Gasteiger partial charge in [0.2, 0.25) is 11.1 Å². The third-order valence-electron chi connectivity index (χ3n) is 5.03. The largest absolute Gasteiger partial charge is 0.444 e. The molecule has 1 N–H and O–H groups in total. The molecule has 0 radical (unpaired) electrons. The summed E-state index contributed by atoms with van der Waals surface area (Å²) in [7, 11) is 0. The zero-order valence-corrected chi connectivity index (χ0v) is 17.7. The Morgan fingerprint density at radius 1 is 1.18 bits per heavy atom. The van der Waals surface area contributed by atoms with Gasteiger partial charge in [0.25, 0.3) is 0 Å². The molecule has 2 heterocycles. The molecule has 3 rings (SSSR count). The number of piperidine rings is 1. The van der Waals surface area contributed by atoms with Crippen molar-refractivity contribution in [3.63, 3.8) is 0 Å². The smallest absolute Gasteiger partial charge is 0.407 e. The molecule has 1 aliphatic heterocycles. The minimum Gasteiger partial charge on any atom is -0.444 e. The fourth-order valence-electron chi connectivity index (χ4n) is 3.62. The Labute approximate surface area is 169 Å². The van der Waals surface area contributed by atoms with Gasteiger partial charge in [-0.1, -0.05) is 24.6 Å². The van der Waals surface area contributed by atoms with Crippen LogP contribution in [0.1, 0.15) is 65.3 Å². The van der Waals surface area contributed by atoms with Crippen molar-refractivity contribution in [3.8, 4) is 0 Å². The number of tetrazole rings is 1. The van der Waals surface area contributed by atoms with Crippen molar-refractivity contribution >= 4 is 23.8 Å². The van der Waals surface area contributed by atoms with E-state index in [1.807, 2.05) is 30.4 Å². The molecule has 1 saturated heterocycles. The first-order chi connectivity index (χ1) is 13.3. The number of aromatic nitrogens is 4. The molecule has 0 spiro atoms. The van der Waals surface area contributed by atoms with Crippen LogP contribution in [0.2, 0.25) is 0 Å². The van der Waals surface area contributed by atoms with Crippen LogP contribution < -0.4 is 5.32 Å². The molecule has 2 amide bonds. The zero-order valence-electron chi connectivity index (χ0n) is 16.9. The Kier molecular flexibility index (Phi) is 6.79. The molecule has 0 atom stereocenters. The lowest BCUT2D eigenvalue weighted by atomic mass is 10.1. The summed E-state index contributed by atoms with van der Waals surface area (Å²) in [6, 6.07) is 0.406. The first-order valence-electron chi connectivity index (χ1n) is 10.00. The predicted molar refractivity (Wildman–Crippen MR) is 105 cm³/mol. The van der Waals surface area contributed by atoms with Gasteiger partial charge < -0.3 is 15.0 Å². The van der Waals surface area contributed by atoms with Gasteiger partial charge in [0, 0.05) is 19.1 Å². The van der Waals surface area contributed by atoms with Gasteiger partial charge in [-0.15, -0.1) is 5.10 Å². The third kappa shape index (κ3) is 5.83. The summed E-state index contributed by atoms with van der Waals surface area (Å²) in [5, 5.41) is 15.6. The van der Waals surface area contributed by atoms with Crippen LogP contribution in [0.3, 0.4) is 0 Å². The second-order valence-electron chi connectivity index (χ2n) is 8.43. The molecule has 1 aromatic heterocycles. The zero-order chi connectivity index (χ0) is 20.1. The van der Waals surface area contributed by atoms with Crippen molar-refractivity contribution < 1.29 is 14.3 Å². The number of rotatable bonds is 5. The molecular weight excluding hydrogens is 380 g/mol. The normalized spacial score (nSPS) is 19.0. The van der Waals surface area contributed by atoms with Crippen LogP contribution >= 0.6 is 11.8 Å². The van der Waals surface area contributed by atoms with Crippen LogP contribution in [0.4, 0.5) is 4.79 Å². The van der Waals surface area contributed by atoms with Crippen molar-refractivity contribution in [2.24, 2.45) is 0 Å². The molecule has 9 nitrogen and oxygen atoms in total. The number of ether oxygens (including phenoxy) is 1. The molecule has 0 unspecified atom stereocenters. The summed E-state index contributed by atoms with van der Waals surface area (Å²) in [6.45, 7) is 6.79. The van der Waals surface area contributed by atoms with Crippen molar-refractivity contribution in [3.05, 3.63) is 0 Å². The van der Waals surface area contributed by atoms with Gasteiger partial charge in [-0.2, -0.15) is 0 Å². The monoisotopic (exact) mass is 410 g/mol. The van der Waals surface area contributed by atoms with E-state index in [1.165, 1.54) is 24.6 Å². The average Bonchev–Trinajstić information content (AvgIpc) is 3.29. The molecule has 0 bridgehead atoms. The lowest BCUT2D eigenvalue weighted by Crippen LogP contribution is -2.48. The molecular formula is C18H30N6O3S. The minimum absolute atomic E-state index is 0.0428. The number of likely N-dealkylation sites (tertiary alicyclic amines) is 1. The highest BCUT2D eigenvalue weighted by molar-refractivity contribution is 7.99. The lowest BCUT2D eigenvalue weighted by molar-refractivity contribution is -0.129. The van der Waals surface area contributed by atoms with Crippen LogP contribution in [-0.2, 0) is 9.53 Å². The first kappa shape index (κ1) is 20.9. The highest BCUT2D eigenvalue weighted by Gasteiger charge is 2.27. The first-order valence-corrected chi connectivity index (χ1v) is 11.0. The molecule has 1 aliphatic carbocycles. The molecule has 10 heteroatoms. The predicted octanol–water partition coefficient (Wildman–Crippen LogP) is 2.40. The number of thioether (sulfide) groups is 1. The average molecular weight is 411 g/mol. The van der Waals surface area contributed by atoms with Crippen LogP contribution in [0, 0.1) is 0 Å². The van der Waals surface area contributed by atoms with Crippen molar-refractivity contribution in [2.45, 2.75) is 82.1 Å². The van der Waals surface area contributed by atoms with Gasteiger partial charge in [-0.25, -0.2) is 9.48 Å². The van der Waals surface area contributed by atoms with E-state index in [2.05, 4.69) is 20.8 Å². The Hall–Kier alpha value is -1.84. The summed E-state index contributed by atoms with van der Waals surface area (Å²) in [6.07, 6.45) is 5.69. The van der Waals surface area contributed by atoms with Crippen molar-refractivity contribution in [2.75, 3.05) is 18.8 Å². The van der Waals surface area contributed by atoms with Gasteiger partial charge in [-0.05, 0) is 56.9 Å². The topological polar surface area (TPSA) is 102 Å². The summed E-state index contributed by atoms with van der Waals surface area (Å²) < 4.78 is 7.17. The van der Waals surface area contributed by atoms with Gasteiger partial charge in [0.05, 0.1) is 11.8 Å². The van der Waals surface area contributed by atoms with E-state index in [9.17, 15) is 9.59 Å². The molecule has 1 saturated carbocycles. The van der Waals surface area contributed by atoms with Gasteiger partial charge in [-0.3, -0.25) is 4.79 Å². The van der Waals surface area contributed by atoms with Crippen LogP contribution in [0.25, 0.3) is 0 Å². The molecule has 1 aromatic rings. The maximum absolute atomic E-state index is 12.6. The maximum Gasteiger partial charge on any atom is 0.407 e. The summed E-state index contributed by atoms with van der Waals surface area (Å²) in [4.78, 5) is 26.3. The van der Waals surface area contributed by atoms with E-state index >= 15 is 0 Å². The molecule has 156 valence electrons. The van der Waals surface area contributed by atoms with Crippen molar-refractivity contribution in [1.29, 1.82) is 0 Å². The van der Waals surface area contributed by atoms with Gasteiger partial charge in [0.1, 0.15) is 5.60 Å². The van der Waals surface area contributed by atoms with E-state index in [1.54, 1.807) is 0 Å². The minimum atomic E-state index is -0.508. The third-order valence-corrected chi connectivity index (χ3v) is 5.94. The number of nitrogens with one attached hydrogen (secondary N) is 1. The molecule has 28 heavy (non-hydrogen) atoms. The number of carbonyl (C=O) groups excluding carboxylic acids is 2. The van der Waals surface area contributed by atoms with Gasteiger partial charge >= 0.3 is 6.09 Å². The highest BCUT2D eigenvalue weighted by Crippen LogP contribution is 2.31. The van der Waals surface area contributed by atoms with E-state index in [0.29, 0.717) is 24.9 Å². The van der Waals surface area contributed by atoms with Gasteiger partial charge in [0.15, 0.2) is 0 Å². The number of nitrogens with zero attached hydrogens (tertiary/aromatic N) is 5. The maximum atomic E-state index is 12.6. The summed E-state index contributed by atoms with van der Waals surface area (Å²) >= 11 is 1.41. The van der Waals surface area contributed by atoms with E-state index in [-0.39, 0.29) is 11.9 Å². The summed E-state index contributed by atoms with van der Waals surface area (Å²) in [5.41, 5.74) is -0.508. The van der Waals surface area contributed by atoms with Crippen LogP contribution in [0.5, 0.6) is 0 Å². The van der Waals surface area contributed by atoms with Crippen molar-refractivity contribution in [1.82, 2.24) is 30.4 Å². The Morgan fingerprint density at radius 2 is 1.86 bits per heavy atom. The standard InChI is InChI=1S/C18H30N6O3S/c1-18(2,3)27-17(26)19-13-8-10-23(11-9-13)15(25)12-28-16-20-21-22-24(16)14-6-4-5-7-14/h13-14H,4-12H2,1-3H3,(H,19,26). The number of hydrogen-bond acceptors (Lipinski definition) is 7.